The van der Waals surface area contributed by atoms with E-state index in [9.17, 15) is 0 Å². The molecule has 0 aliphatic heterocycles. The molecule has 0 bridgehead atoms. The summed E-state index contributed by atoms with van der Waals surface area (Å²) in [6.45, 7) is 0. The van der Waals surface area contributed by atoms with E-state index in [0.717, 1.165) is 34.9 Å². The maximum absolute atomic E-state index is 5.01. The summed E-state index contributed by atoms with van der Waals surface area (Å²) in [4.78, 5) is 14.3. The van der Waals surface area contributed by atoms with Crippen molar-refractivity contribution in [2.45, 2.75) is 6.42 Å². The lowest BCUT2D eigenvalue weighted by molar-refractivity contribution is 1.11. The normalized spacial score (nSPS) is 12.1. The Morgan fingerprint density at radius 1 is 0.579 bits per heavy atom. The minimum absolute atomic E-state index is 0.825. The molecule has 4 nitrogen and oxygen atoms in total. The van der Waals surface area contributed by atoms with Gasteiger partial charge in [-0.3, -0.25) is 9.97 Å². The van der Waals surface area contributed by atoms with Gasteiger partial charge >= 0.3 is 0 Å². The average Bonchev–Trinajstić information content (AvgIpc) is 3.53. The smallest absolute Gasteiger partial charge is 0.0915 e. The number of nitrogens with zero attached hydrogens (tertiary/aromatic N) is 4. The van der Waals surface area contributed by atoms with E-state index in [2.05, 4.69) is 87.3 Å². The van der Waals surface area contributed by atoms with Crippen LogP contribution in [0.4, 0.5) is 0 Å². The Labute approximate surface area is 219 Å². The van der Waals surface area contributed by atoms with Crippen LogP contribution in [0.2, 0.25) is 0 Å². The Kier molecular flexibility index (Phi) is 4.55. The molecule has 0 atom stereocenters. The highest BCUT2D eigenvalue weighted by molar-refractivity contribution is 6.06. The molecule has 0 unspecified atom stereocenters. The SMILES string of the molecule is c1ccc(-c2cc(-n3c4c(c5ccccc53)Cc3ccc5ccccc5c3-4)cc(-c3ccccn3)n2)nc1. The maximum atomic E-state index is 5.01. The molecule has 0 amide bonds. The van der Waals surface area contributed by atoms with Gasteiger partial charge in [-0.25, -0.2) is 4.98 Å². The fraction of sp³-hybridized carbons (Fsp3) is 0.0294. The molecule has 3 aromatic carbocycles. The molecule has 0 spiro atoms. The summed E-state index contributed by atoms with van der Waals surface area (Å²) in [6.07, 6.45) is 4.55. The van der Waals surface area contributed by atoms with Gasteiger partial charge in [0, 0.05) is 29.8 Å². The van der Waals surface area contributed by atoms with Crippen molar-refractivity contribution in [2.75, 3.05) is 0 Å². The first-order valence-corrected chi connectivity index (χ1v) is 12.8. The standard InChI is InChI=1S/C34H22N4/c1-2-10-25-22(9-1)15-16-23-19-27-26-11-3-4-14-32(26)38(34(27)33(23)25)24-20-30(28-12-5-7-17-35-28)37-31(21-24)29-13-6-8-18-36-29/h1-18,20-21H,19H2. The summed E-state index contributed by atoms with van der Waals surface area (Å²) in [6, 6.07) is 38.2. The Morgan fingerprint density at radius 3 is 1.95 bits per heavy atom. The van der Waals surface area contributed by atoms with Crippen LogP contribution < -0.4 is 0 Å². The second-order valence-corrected chi connectivity index (χ2v) is 9.70. The number of benzene rings is 3. The first kappa shape index (κ1) is 21.0. The van der Waals surface area contributed by atoms with Crippen LogP contribution in [0.15, 0.2) is 122 Å². The Hall–Kier alpha value is -5.09. The molecule has 0 radical (unpaired) electrons. The van der Waals surface area contributed by atoms with Crippen LogP contribution in [-0.2, 0) is 6.42 Å². The topological polar surface area (TPSA) is 43.6 Å². The third kappa shape index (κ3) is 3.14. The Morgan fingerprint density at radius 2 is 1.24 bits per heavy atom. The summed E-state index contributed by atoms with van der Waals surface area (Å²) in [5, 5.41) is 3.84. The van der Waals surface area contributed by atoms with Gasteiger partial charge in [0.1, 0.15) is 0 Å². The van der Waals surface area contributed by atoms with E-state index in [1.807, 2.05) is 48.8 Å². The summed E-state index contributed by atoms with van der Waals surface area (Å²) < 4.78 is 2.42. The van der Waals surface area contributed by atoms with E-state index in [0.29, 0.717) is 0 Å². The summed E-state index contributed by atoms with van der Waals surface area (Å²) in [7, 11) is 0. The van der Waals surface area contributed by atoms with E-state index in [4.69, 9.17) is 4.98 Å². The van der Waals surface area contributed by atoms with Gasteiger partial charge in [-0.05, 0) is 64.4 Å². The molecular weight excluding hydrogens is 464 g/mol. The number of aromatic nitrogens is 4. The zero-order valence-corrected chi connectivity index (χ0v) is 20.5. The lowest BCUT2D eigenvalue weighted by atomic mass is 10.00. The molecule has 1 aliphatic carbocycles. The third-order valence-corrected chi connectivity index (χ3v) is 7.52. The maximum Gasteiger partial charge on any atom is 0.0915 e. The second-order valence-electron chi connectivity index (χ2n) is 9.70. The third-order valence-electron chi connectivity index (χ3n) is 7.52. The zero-order valence-electron chi connectivity index (χ0n) is 20.5. The molecule has 8 rings (SSSR count). The van der Waals surface area contributed by atoms with Crippen molar-refractivity contribution < 1.29 is 0 Å². The number of hydrogen-bond donors (Lipinski definition) is 0. The van der Waals surface area contributed by atoms with E-state index in [1.165, 1.54) is 44.1 Å². The van der Waals surface area contributed by atoms with Crippen LogP contribution in [-0.4, -0.2) is 19.5 Å². The summed E-state index contributed by atoms with van der Waals surface area (Å²) in [5.41, 5.74) is 10.9. The van der Waals surface area contributed by atoms with Crippen molar-refractivity contribution in [1.29, 1.82) is 0 Å². The van der Waals surface area contributed by atoms with Crippen molar-refractivity contribution >= 4 is 21.7 Å². The average molecular weight is 487 g/mol. The molecule has 0 fully saturated rings. The van der Waals surface area contributed by atoms with Crippen LogP contribution in [0, 0.1) is 0 Å². The predicted octanol–water partition coefficient (Wildman–Crippen LogP) is 7.87. The number of fused-ring (bicyclic) bond motifs is 7. The number of hydrogen-bond acceptors (Lipinski definition) is 3. The van der Waals surface area contributed by atoms with Crippen LogP contribution >= 0.6 is 0 Å². The molecule has 4 heteroatoms. The highest BCUT2D eigenvalue weighted by atomic mass is 15.0. The van der Waals surface area contributed by atoms with Crippen molar-refractivity contribution in [3.63, 3.8) is 0 Å². The molecular formula is C34H22N4. The van der Waals surface area contributed by atoms with Crippen molar-refractivity contribution in [2.24, 2.45) is 0 Å². The van der Waals surface area contributed by atoms with Gasteiger partial charge in [0.2, 0.25) is 0 Å². The van der Waals surface area contributed by atoms with Gasteiger partial charge < -0.3 is 4.57 Å². The van der Waals surface area contributed by atoms with Crippen molar-refractivity contribution in [1.82, 2.24) is 19.5 Å². The first-order chi connectivity index (χ1) is 18.8. The molecule has 0 N–H and O–H groups in total. The molecule has 38 heavy (non-hydrogen) atoms. The molecule has 178 valence electrons. The van der Waals surface area contributed by atoms with Gasteiger partial charge in [-0.2, -0.15) is 0 Å². The second kappa shape index (κ2) is 8.22. The van der Waals surface area contributed by atoms with E-state index in [-0.39, 0.29) is 0 Å². The van der Waals surface area contributed by atoms with Crippen LogP contribution in [0.25, 0.3) is 61.4 Å². The van der Waals surface area contributed by atoms with Crippen molar-refractivity contribution in [3.8, 4) is 39.7 Å². The van der Waals surface area contributed by atoms with Gasteiger partial charge in [0.25, 0.3) is 0 Å². The number of rotatable bonds is 3. The molecule has 0 saturated heterocycles. The van der Waals surface area contributed by atoms with Crippen LogP contribution in [0.1, 0.15) is 11.1 Å². The monoisotopic (exact) mass is 486 g/mol. The Bertz CT molecular complexity index is 1930. The molecule has 4 aromatic heterocycles. The molecule has 4 heterocycles. The van der Waals surface area contributed by atoms with Gasteiger partial charge in [-0.1, -0.05) is 66.7 Å². The van der Waals surface area contributed by atoms with Crippen LogP contribution in [0.5, 0.6) is 0 Å². The number of pyridine rings is 3. The van der Waals surface area contributed by atoms with E-state index in [1.54, 1.807) is 0 Å². The minimum Gasteiger partial charge on any atom is -0.309 e. The van der Waals surface area contributed by atoms with Gasteiger partial charge in [0.15, 0.2) is 0 Å². The zero-order chi connectivity index (χ0) is 25.1. The lowest BCUT2D eigenvalue weighted by Gasteiger charge is -2.16. The van der Waals surface area contributed by atoms with Crippen LogP contribution in [0.3, 0.4) is 0 Å². The molecule has 1 aliphatic rings. The van der Waals surface area contributed by atoms with Crippen molar-refractivity contribution in [3.05, 3.63) is 133 Å². The summed E-state index contributed by atoms with van der Waals surface area (Å²) >= 11 is 0. The fourth-order valence-electron chi connectivity index (χ4n) is 5.89. The lowest BCUT2D eigenvalue weighted by Crippen LogP contribution is -2.01. The quantitative estimate of drug-likeness (QED) is 0.255. The first-order valence-electron chi connectivity index (χ1n) is 12.8. The number of para-hydroxylation sites is 1. The highest BCUT2D eigenvalue weighted by Gasteiger charge is 2.29. The fourth-order valence-corrected chi connectivity index (χ4v) is 5.89. The van der Waals surface area contributed by atoms with E-state index < -0.39 is 0 Å². The van der Waals surface area contributed by atoms with Gasteiger partial charge in [-0.15, -0.1) is 0 Å². The van der Waals surface area contributed by atoms with E-state index >= 15 is 0 Å². The largest absolute Gasteiger partial charge is 0.309 e. The minimum atomic E-state index is 0.825. The van der Waals surface area contributed by atoms with Gasteiger partial charge in [0.05, 0.1) is 39.7 Å². The molecule has 0 saturated carbocycles. The molecule has 7 aromatic rings. The predicted molar refractivity (Wildman–Crippen MR) is 153 cm³/mol. The summed E-state index contributed by atoms with van der Waals surface area (Å²) in [5.74, 6) is 0. The highest BCUT2D eigenvalue weighted by Crippen LogP contribution is 2.47. The Balaban J connectivity index is 1.48.